The van der Waals surface area contributed by atoms with E-state index in [2.05, 4.69) is 21.2 Å². The van der Waals surface area contributed by atoms with E-state index in [1.807, 2.05) is 0 Å². The van der Waals surface area contributed by atoms with Crippen molar-refractivity contribution >= 4 is 21.8 Å². The maximum atomic E-state index is 10.5. The van der Waals surface area contributed by atoms with Gasteiger partial charge < -0.3 is 5.32 Å². The van der Waals surface area contributed by atoms with Gasteiger partial charge in [-0.05, 0) is 6.42 Å². The van der Waals surface area contributed by atoms with E-state index in [9.17, 15) is 4.79 Å². The third-order valence-corrected chi connectivity index (χ3v) is 2.05. The molecule has 1 unspecified atom stereocenters. The van der Waals surface area contributed by atoms with E-state index in [-0.39, 0.29) is 5.91 Å². The van der Waals surface area contributed by atoms with Crippen LogP contribution in [0.15, 0.2) is 0 Å². The largest absolute Gasteiger partial charge is 0.353 e. The molecule has 1 heterocycles. The van der Waals surface area contributed by atoms with Gasteiger partial charge in [-0.25, -0.2) is 0 Å². The first-order valence-corrected chi connectivity index (χ1v) is 3.80. The molecule has 1 aliphatic heterocycles. The van der Waals surface area contributed by atoms with Crippen molar-refractivity contribution in [1.29, 1.82) is 0 Å². The van der Waals surface area contributed by atoms with Crippen LogP contribution >= 0.6 is 15.9 Å². The summed E-state index contributed by atoms with van der Waals surface area (Å²) in [5.74, 6) is 0.189. The first-order valence-electron chi connectivity index (χ1n) is 2.68. The molecule has 1 N–H and O–H groups in total. The summed E-state index contributed by atoms with van der Waals surface area (Å²) in [5, 5.41) is 3.71. The van der Waals surface area contributed by atoms with Crippen molar-refractivity contribution in [2.45, 2.75) is 18.9 Å². The predicted molar refractivity (Wildman–Crippen MR) is 35.0 cm³/mol. The van der Waals surface area contributed by atoms with Crippen LogP contribution in [0.3, 0.4) is 0 Å². The van der Waals surface area contributed by atoms with E-state index < -0.39 is 0 Å². The molecule has 0 aliphatic carbocycles. The number of amides is 1. The lowest BCUT2D eigenvalue weighted by Crippen LogP contribution is -2.26. The molecular weight excluding hydrogens is 170 g/mol. The Morgan fingerprint density at radius 3 is 2.88 bits per heavy atom. The third kappa shape index (κ3) is 1.22. The van der Waals surface area contributed by atoms with Crippen molar-refractivity contribution in [2.75, 3.05) is 5.33 Å². The van der Waals surface area contributed by atoms with Gasteiger partial charge in [0.2, 0.25) is 5.91 Å². The van der Waals surface area contributed by atoms with Crippen molar-refractivity contribution in [3.63, 3.8) is 0 Å². The van der Waals surface area contributed by atoms with Crippen LogP contribution in [0, 0.1) is 0 Å². The van der Waals surface area contributed by atoms with Gasteiger partial charge in [0.05, 0.1) is 0 Å². The van der Waals surface area contributed by atoms with Crippen LogP contribution in [0.4, 0.5) is 0 Å². The van der Waals surface area contributed by atoms with Gasteiger partial charge in [-0.15, -0.1) is 0 Å². The first kappa shape index (κ1) is 6.08. The minimum absolute atomic E-state index is 0.189. The molecule has 3 heteroatoms. The summed E-state index contributed by atoms with van der Waals surface area (Å²) in [4.78, 5) is 10.5. The second kappa shape index (κ2) is 2.49. The highest BCUT2D eigenvalue weighted by atomic mass is 79.9. The minimum atomic E-state index is 0.189. The monoisotopic (exact) mass is 177 g/mol. The molecule has 0 bridgehead atoms. The molecule has 0 saturated carbocycles. The Bertz CT molecular complexity index is 105. The number of carbonyl (C=O) groups excluding carboxylic acids is 1. The molecule has 1 rings (SSSR count). The summed E-state index contributed by atoms with van der Waals surface area (Å²) in [7, 11) is 0. The van der Waals surface area contributed by atoms with Crippen LogP contribution in [-0.2, 0) is 4.79 Å². The first-order chi connectivity index (χ1) is 3.83. The third-order valence-electron chi connectivity index (χ3n) is 1.27. The summed E-state index contributed by atoms with van der Waals surface area (Å²) in [5.41, 5.74) is 0. The van der Waals surface area contributed by atoms with E-state index >= 15 is 0 Å². The summed E-state index contributed by atoms with van der Waals surface area (Å²) < 4.78 is 0. The maximum absolute atomic E-state index is 10.5. The molecule has 1 atom stereocenters. The summed E-state index contributed by atoms with van der Waals surface area (Å²) in [6.07, 6.45) is 1.69. The number of hydrogen-bond acceptors (Lipinski definition) is 1. The zero-order chi connectivity index (χ0) is 5.98. The smallest absolute Gasteiger partial charge is 0.220 e. The van der Waals surface area contributed by atoms with Gasteiger partial charge >= 0.3 is 0 Å². The number of halogens is 1. The van der Waals surface area contributed by atoms with Gasteiger partial charge in [-0.3, -0.25) is 4.79 Å². The molecule has 2 nitrogen and oxygen atoms in total. The molecule has 1 saturated heterocycles. The van der Waals surface area contributed by atoms with Crippen LogP contribution in [0.5, 0.6) is 0 Å². The lowest BCUT2D eigenvalue weighted by atomic mass is 10.3. The van der Waals surface area contributed by atoms with Crippen LogP contribution in [0.2, 0.25) is 0 Å². The van der Waals surface area contributed by atoms with Gasteiger partial charge in [0, 0.05) is 17.8 Å². The fourth-order valence-corrected chi connectivity index (χ4v) is 1.28. The number of rotatable bonds is 1. The molecule has 0 aromatic rings. The zero-order valence-electron chi connectivity index (χ0n) is 4.48. The Labute approximate surface area is 56.8 Å². The molecule has 0 aromatic heterocycles. The standard InChI is InChI=1S/C5H8BrNO/c6-3-4-1-2-5(8)7-4/h4H,1-3H2,(H,7,8). The highest BCUT2D eigenvalue weighted by molar-refractivity contribution is 9.09. The van der Waals surface area contributed by atoms with E-state index in [4.69, 9.17) is 0 Å². The highest BCUT2D eigenvalue weighted by Gasteiger charge is 2.18. The average molecular weight is 178 g/mol. The zero-order valence-corrected chi connectivity index (χ0v) is 6.07. The van der Waals surface area contributed by atoms with Crippen LogP contribution in [0.25, 0.3) is 0 Å². The van der Waals surface area contributed by atoms with E-state index in [1.54, 1.807) is 0 Å². The molecule has 0 spiro atoms. The fourth-order valence-electron chi connectivity index (χ4n) is 0.793. The Balaban J connectivity index is 2.32. The SMILES string of the molecule is O=C1CCC(CBr)N1. The summed E-state index contributed by atoms with van der Waals surface area (Å²) in [6, 6.07) is 0.391. The molecule has 0 aromatic carbocycles. The average Bonchev–Trinajstić information content (AvgIpc) is 2.14. The Morgan fingerprint density at radius 1 is 1.88 bits per heavy atom. The predicted octanol–water partition coefficient (Wildman–Crippen LogP) is 0.660. The van der Waals surface area contributed by atoms with Crippen LogP contribution < -0.4 is 5.32 Å². The maximum Gasteiger partial charge on any atom is 0.220 e. The molecule has 1 fully saturated rings. The van der Waals surface area contributed by atoms with Gasteiger partial charge in [-0.2, -0.15) is 0 Å². The quantitative estimate of drug-likeness (QED) is 0.587. The van der Waals surface area contributed by atoms with Crippen molar-refractivity contribution in [3.05, 3.63) is 0 Å². The van der Waals surface area contributed by atoms with Gasteiger partial charge in [0.15, 0.2) is 0 Å². The van der Waals surface area contributed by atoms with Crippen molar-refractivity contribution < 1.29 is 4.79 Å². The molecule has 1 aliphatic rings. The van der Waals surface area contributed by atoms with Crippen molar-refractivity contribution in [3.8, 4) is 0 Å². The van der Waals surface area contributed by atoms with Crippen molar-refractivity contribution in [1.82, 2.24) is 5.32 Å². The lowest BCUT2D eigenvalue weighted by molar-refractivity contribution is -0.119. The number of hydrogen-bond donors (Lipinski definition) is 1. The van der Waals surface area contributed by atoms with Gasteiger partial charge in [0.25, 0.3) is 0 Å². The van der Waals surface area contributed by atoms with Crippen LogP contribution in [0.1, 0.15) is 12.8 Å². The topological polar surface area (TPSA) is 29.1 Å². The lowest BCUT2D eigenvalue weighted by Gasteiger charge is -2.01. The Kier molecular flexibility index (Phi) is 1.89. The Morgan fingerprint density at radius 2 is 2.62 bits per heavy atom. The fraction of sp³-hybridized carbons (Fsp3) is 0.800. The van der Waals surface area contributed by atoms with Gasteiger partial charge in [-0.1, -0.05) is 15.9 Å². The van der Waals surface area contributed by atoms with E-state index in [1.165, 1.54) is 0 Å². The highest BCUT2D eigenvalue weighted by Crippen LogP contribution is 2.07. The molecule has 46 valence electrons. The molecule has 8 heavy (non-hydrogen) atoms. The normalized spacial score (nSPS) is 28.1. The summed E-state index contributed by atoms with van der Waals surface area (Å²) >= 11 is 3.29. The number of carbonyl (C=O) groups is 1. The second-order valence-electron chi connectivity index (χ2n) is 1.96. The minimum Gasteiger partial charge on any atom is -0.353 e. The molecular formula is C5H8BrNO. The van der Waals surface area contributed by atoms with Crippen molar-refractivity contribution in [2.24, 2.45) is 0 Å². The van der Waals surface area contributed by atoms with E-state index in [0.29, 0.717) is 12.5 Å². The van der Waals surface area contributed by atoms with E-state index in [0.717, 1.165) is 11.8 Å². The number of alkyl halides is 1. The molecule has 0 radical (unpaired) electrons. The summed E-state index contributed by atoms with van der Waals surface area (Å²) in [6.45, 7) is 0. The molecule has 1 amide bonds. The number of nitrogens with one attached hydrogen (secondary N) is 1. The van der Waals surface area contributed by atoms with Gasteiger partial charge in [0.1, 0.15) is 0 Å². The second-order valence-corrected chi connectivity index (χ2v) is 2.60. The van der Waals surface area contributed by atoms with Crippen LogP contribution in [-0.4, -0.2) is 17.3 Å². The Hall–Kier alpha value is -0.0500.